The molecule has 0 aliphatic carbocycles. The fraction of sp³-hybridized carbons (Fsp3) is 0.294. The van der Waals surface area contributed by atoms with E-state index in [1.54, 1.807) is 31.8 Å². The normalized spacial score (nSPS) is 13.5. The van der Waals surface area contributed by atoms with Crippen molar-refractivity contribution < 1.29 is 9.53 Å². The van der Waals surface area contributed by atoms with Crippen molar-refractivity contribution >= 4 is 11.6 Å². The van der Waals surface area contributed by atoms with Crippen LogP contribution in [0.2, 0.25) is 0 Å². The summed E-state index contributed by atoms with van der Waals surface area (Å²) in [6.07, 6.45) is 3.01. The maximum Gasteiger partial charge on any atom is 0.253 e. The molecule has 1 aliphatic rings. The van der Waals surface area contributed by atoms with Crippen LogP contribution in [0.1, 0.15) is 17.5 Å². The summed E-state index contributed by atoms with van der Waals surface area (Å²) in [5.41, 5.74) is 4.42. The van der Waals surface area contributed by atoms with Crippen molar-refractivity contribution in [1.29, 1.82) is 0 Å². The van der Waals surface area contributed by atoms with Gasteiger partial charge in [0, 0.05) is 48.1 Å². The number of carbonyl (C=O) groups is 1. The van der Waals surface area contributed by atoms with E-state index in [1.807, 2.05) is 18.2 Å². The Hall–Kier alpha value is -2.56. The summed E-state index contributed by atoms with van der Waals surface area (Å²) in [4.78, 5) is 23.4. The molecule has 0 spiro atoms. The van der Waals surface area contributed by atoms with Gasteiger partial charge in [-0.2, -0.15) is 0 Å². The van der Waals surface area contributed by atoms with E-state index in [2.05, 4.69) is 5.32 Å². The largest absolute Gasteiger partial charge is 0.496 e. The molecule has 1 amide bonds. The summed E-state index contributed by atoms with van der Waals surface area (Å²) in [6, 6.07) is 5.75. The average Bonchev–Trinajstić information content (AvgIpc) is 2.50. The first-order valence-electron chi connectivity index (χ1n) is 7.18. The summed E-state index contributed by atoms with van der Waals surface area (Å²) in [7, 11) is 3.34. The van der Waals surface area contributed by atoms with E-state index in [9.17, 15) is 9.59 Å². The van der Waals surface area contributed by atoms with Gasteiger partial charge in [-0.25, -0.2) is 0 Å². The summed E-state index contributed by atoms with van der Waals surface area (Å²) >= 11 is 0. The Labute approximate surface area is 128 Å². The Morgan fingerprint density at radius 3 is 2.64 bits per heavy atom. The second kappa shape index (κ2) is 5.33. The molecule has 3 rings (SSSR count). The number of carbonyl (C=O) groups excluding carboxylic acids is 1. The molecule has 0 saturated heterocycles. The smallest absolute Gasteiger partial charge is 0.253 e. The molecule has 0 unspecified atom stereocenters. The third kappa shape index (κ3) is 2.39. The lowest BCUT2D eigenvalue weighted by atomic mass is 9.96. The minimum absolute atomic E-state index is 0.00654. The second-order valence-corrected chi connectivity index (χ2v) is 5.59. The number of nitrogens with zero attached hydrogens (tertiary/aromatic N) is 1. The predicted octanol–water partition coefficient (Wildman–Crippen LogP) is 2.25. The van der Waals surface area contributed by atoms with Gasteiger partial charge in [0.2, 0.25) is 5.91 Å². The van der Waals surface area contributed by atoms with Crippen LogP contribution in [-0.2, 0) is 18.3 Å². The number of hydrogen-bond donors (Lipinski definition) is 1. The highest BCUT2D eigenvalue weighted by atomic mass is 16.5. The molecule has 114 valence electrons. The van der Waals surface area contributed by atoms with E-state index in [1.165, 1.54) is 0 Å². The van der Waals surface area contributed by atoms with Gasteiger partial charge in [0.25, 0.3) is 5.56 Å². The Kier molecular flexibility index (Phi) is 3.48. The van der Waals surface area contributed by atoms with Crippen LogP contribution in [0.5, 0.6) is 5.75 Å². The molecule has 1 aromatic carbocycles. The van der Waals surface area contributed by atoms with Crippen LogP contribution in [0.25, 0.3) is 11.1 Å². The summed E-state index contributed by atoms with van der Waals surface area (Å²) < 4.78 is 7.05. The van der Waals surface area contributed by atoms with E-state index < -0.39 is 0 Å². The minimum Gasteiger partial charge on any atom is -0.496 e. The Bertz CT molecular complexity index is 795. The second-order valence-electron chi connectivity index (χ2n) is 5.59. The number of aromatic nitrogens is 1. The molecule has 22 heavy (non-hydrogen) atoms. The maximum atomic E-state index is 11.9. The Morgan fingerprint density at radius 1 is 1.18 bits per heavy atom. The first kappa shape index (κ1) is 14.4. The van der Waals surface area contributed by atoms with Gasteiger partial charge < -0.3 is 14.6 Å². The van der Waals surface area contributed by atoms with Crippen LogP contribution in [0.15, 0.2) is 29.2 Å². The molecular weight excluding hydrogens is 280 g/mol. The fourth-order valence-corrected chi connectivity index (χ4v) is 2.83. The molecule has 1 aliphatic heterocycles. The molecule has 5 nitrogen and oxygen atoms in total. The van der Waals surface area contributed by atoms with Gasteiger partial charge in [0.1, 0.15) is 5.75 Å². The van der Waals surface area contributed by atoms with Crippen molar-refractivity contribution in [3.63, 3.8) is 0 Å². The monoisotopic (exact) mass is 298 g/mol. The first-order chi connectivity index (χ1) is 10.5. The highest BCUT2D eigenvalue weighted by molar-refractivity contribution is 5.95. The van der Waals surface area contributed by atoms with Gasteiger partial charge >= 0.3 is 0 Å². The van der Waals surface area contributed by atoms with Crippen LogP contribution in [0.4, 0.5) is 5.69 Å². The molecule has 1 aromatic heterocycles. The summed E-state index contributed by atoms with van der Waals surface area (Å²) in [5, 5.41) is 2.87. The lowest BCUT2D eigenvalue weighted by Gasteiger charge is -2.20. The number of fused-ring (bicyclic) bond motifs is 1. The quantitative estimate of drug-likeness (QED) is 0.925. The van der Waals surface area contributed by atoms with Crippen molar-refractivity contribution in [3.8, 4) is 16.9 Å². The number of ether oxygens (including phenoxy) is 1. The van der Waals surface area contributed by atoms with Gasteiger partial charge in [0.15, 0.2) is 0 Å². The first-order valence-corrected chi connectivity index (χ1v) is 7.18. The standard InChI is InChI=1S/C17H18N2O3/c1-10-6-12(9-19(2)17(10)21)13-7-11-4-5-16(20)18-14(11)8-15(13)22-3/h6-9H,4-5H2,1-3H3,(H,18,20). The maximum absolute atomic E-state index is 11.9. The van der Waals surface area contributed by atoms with Crippen LogP contribution in [0.3, 0.4) is 0 Å². The lowest BCUT2D eigenvalue weighted by molar-refractivity contribution is -0.116. The van der Waals surface area contributed by atoms with Crippen molar-refractivity contribution in [3.05, 3.63) is 45.9 Å². The molecule has 0 radical (unpaired) electrons. The molecule has 1 N–H and O–H groups in total. The molecule has 2 heterocycles. The Balaban J connectivity index is 2.18. The van der Waals surface area contributed by atoms with Crippen LogP contribution in [-0.4, -0.2) is 17.6 Å². The van der Waals surface area contributed by atoms with Crippen molar-refractivity contribution in [2.75, 3.05) is 12.4 Å². The number of methoxy groups -OCH3 is 1. The number of aryl methyl sites for hydroxylation is 3. The topological polar surface area (TPSA) is 60.3 Å². The SMILES string of the molecule is COc1cc2c(cc1-c1cc(C)c(=O)n(C)c1)CCC(=O)N2. The van der Waals surface area contributed by atoms with E-state index in [0.717, 1.165) is 22.4 Å². The van der Waals surface area contributed by atoms with Gasteiger partial charge in [-0.3, -0.25) is 9.59 Å². The predicted molar refractivity (Wildman–Crippen MR) is 85.4 cm³/mol. The molecule has 2 aromatic rings. The zero-order chi connectivity index (χ0) is 15.9. The van der Waals surface area contributed by atoms with Gasteiger partial charge in [-0.1, -0.05) is 0 Å². The zero-order valence-electron chi connectivity index (χ0n) is 12.9. The number of pyridine rings is 1. The van der Waals surface area contributed by atoms with Crippen LogP contribution >= 0.6 is 0 Å². The molecule has 5 heteroatoms. The van der Waals surface area contributed by atoms with E-state index >= 15 is 0 Å². The van der Waals surface area contributed by atoms with E-state index in [-0.39, 0.29) is 11.5 Å². The number of benzene rings is 1. The average molecular weight is 298 g/mol. The van der Waals surface area contributed by atoms with Crippen molar-refractivity contribution in [2.24, 2.45) is 7.05 Å². The zero-order valence-corrected chi connectivity index (χ0v) is 12.9. The number of amides is 1. The molecule has 0 bridgehead atoms. The summed E-state index contributed by atoms with van der Waals surface area (Å²) in [5.74, 6) is 0.708. The molecule has 0 atom stereocenters. The van der Waals surface area contributed by atoms with E-state index in [4.69, 9.17) is 4.74 Å². The third-order valence-corrected chi connectivity index (χ3v) is 3.99. The van der Waals surface area contributed by atoms with Gasteiger partial charge in [0.05, 0.1) is 7.11 Å². The number of anilines is 1. The Morgan fingerprint density at radius 2 is 1.95 bits per heavy atom. The molecule has 0 fully saturated rings. The van der Waals surface area contributed by atoms with Crippen LogP contribution in [0, 0.1) is 6.92 Å². The fourth-order valence-electron chi connectivity index (χ4n) is 2.83. The lowest BCUT2D eigenvalue weighted by Crippen LogP contribution is -2.20. The van der Waals surface area contributed by atoms with Crippen molar-refractivity contribution in [1.82, 2.24) is 4.57 Å². The minimum atomic E-state index is -0.00654. The van der Waals surface area contributed by atoms with Gasteiger partial charge in [-0.05, 0) is 31.0 Å². The molecule has 0 saturated carbocycles. The van der Waals surface area contributed by atoms with Crippen molar-refractivity contribution in [2.45, 2.75) is 19.8 Å². The van der Waals surface area contributed by atoms with Gasteiger partial charge in [-0.15, -0.1) is 0 Å². The summed E-state index contributed by atoms with van der Waals surface area (Å²) in [6.45, 7) is 1.80. The third-order valence-electron chi connectivity index (χ3n) is 3.99. The molecular formula is C17H18N2O3. The number of hydrogen-bond acceptors (Lipinski definition) is 3. The number of rotatable bonds is 2. The highest BCUT2D eigenvalue weighted by Crippen LogP contribution is 2.36. The highest BCUT2D eigenvalue weighted by Gasteiger charge is 2.19. The number of nitrogens with one attached hydrogen (secondary N) is 1. The van der Waals surface area contributed by atoms with Crippen LogP contribution < -0.4 is 15.6 Å². The van der Waals surface area contributed by atoms with E-state index in [0.29, 0.717) is 24.2 Å².